The predicted molar refractivity (Wildman–Crippen MR) is 111 cm³/mol. The number of pyridine rings is 1. The van der Waals surface area contributed by atoms with E-state index in [0.717, 1.165) is 0 Å². The van der Waals surface area contributed by atoms with Crippen LogP contribution in [0, 0.1) is 0 Å². The number of sulfonamides is 1. The molecule has 1 aliphatic heterocycles. The van der Waals surface area contributed by atoms with Crippen LogP contribution in [0.2, 0.25) is 10.0 Å². The van der Waals surface area contributed by atoms with E-state index < -0.39 is 34.0 Å². The molecular weight excluding hydrogens is 455 g/mol. The summed E-state index contributed by atoms with van der Waals surface area (Å²) in [4.78, 5) is 32.7. The lowest BCUT2D eigenvalue weighted by molar-refractivity contribution is -0.154. The van der Waals surface area contributed by atoms with Gasteiger partial charge in [0.15, 0.2) is 11.9 Å². The van der Waals surface area contributed by atoms with Crippen LogP contribution in [-0.4, -0.2) is 43.3 Å². The Morgan fingerprint density at radius 3 is 2.63 bits per heavy atom. The highest BCUT2D eigenvalue weighted by Crippen LogP contribution is 2.24. The van der Waals surface area contributed by atoms with Gasteiger partial charge in [-0.3, -0.25) is 14.5 Å². The van der Waals surface area contributed by atoms with Gasteiger partial charge in [0.2, 0.25) is 0 Å². The van der Waals surface area contributed by atoms with Crippen molar-refractivity contribution in [2.24, 2.45) is 4.99 Å². The zero-order valence-corrected chi connectivity index (χ0v) is 18.0. The van der Waals surface area contributed by atoms with E-state index in [1.807, 2.05) is 0 Å². The van der Waals surface area contributed by atoms with Gasteiger partial charge in [-0.15, -0.1) is 0 Å². The third kappa shape index (κ3) is 4.72. The Labute approximate surface area is 182 Å². The van der Waals surface area contributed by atoms with Crippen LogP contribution in [0.15, 0.2) is 46.4 Å². The van der Waals surface area contributed by atoms with Gasteiger partial charge in [0, 0.05) is 11.8 Å². The maximum absolute atomic E-state index is 12.3. The Morgan fingerprint density at radius 2 is 1.93 bits per heavy atom. The van der Waals surface area contributed by atoms with Gasteiger partial charge in [-0.1, -0.05) is 35.3 Å². The quantitative estimate of drug-likeness (QED) is 0.645. The molecule has 9 nitrogen and oxygen atoms in total. The minimum Gasteiger partial charge on any atom is -0.451 e. The number of amides is 1. The number of benzene rings is 1. The van der Waals surface area contributed by atoms with Crippen molar-refractivity contribution >= 4 is 56.8 Å². The minimum atomic E-state index is -3.73. The van der Waals surface area contributed by atoms with E-state index >= 15 is 0 Å². The van der Waals surface area contributed by atoms with Crippen LogP contribution in [0.3, 0.4) is 0 Å². The van der Waals surface area contributed by atoms with Crippen molar-refractivity contribution in [2.45, 2.75) is 30.9 Å². The lowest BCUT2D eigenvalue weighted by Gasteiger charge is -2.15. The molecule has 2 N–H and O–H groups in total. The number of ether oxygens (including phenoxy) is 1. The van der Waals surface area contributed by atoms with Gasteiger partial charge < -0.3 is 10.1 Å². The molecule has 1 amide bonds. The molecule has 0 saturated heterocycles. The topological polar surface area (TPSA) is 127 Å². The van der Waals surface area contributed by atoms with Crippen LogP contribution < -0.4 is 10.0 Å². The SMILES string of the molecule is C[C@H](N=C1NS(=O)(=O)c2ccccc21)C(=O)O[C@H](C)C(=O)Nc1ncc(Cl)cc1Cl. The van der Waals surface area contributed by atoms with E-state index in [1.165, 1.54) is 32.2 Å². The molecule has 2 aromatic rings. The summed E-state index contributed by atoms with van der Waals surface area (Å²) in [5.74, 6) is -1.38. The van der Waals surface area contributed by atoms with Crippen molar-refractivity contribution in [3.8, 4) is 0 Å². The average molecular weight is 471 g/mol. The Morgan fingerprint density at radius 1 is 1.23 bits per heavy atom. The number of esters is 1. The number of fused-ring (bicyclic) bond motifs is 1. The first-order valence-electron chi connectivity index (χ1n) is 8.61. The van der Waals surface area contributed by atoms with Crippen molar-refractivity contribution in [1.29, 1.82) is 0 Å². The summed E-state index contributed by atoms with van der Waals surface area (Å²) in [5, 5.41) is 2.86. The van der Waals surface area contributed by atoms with Crippen LogP contribution in [0.5, 0.6) is 0 Å². The van der Waals surface area contributed by atoms with Crippen LogP contribution in [-0.2, 0) is 24.3 Å². The maximum Gasteiger partial charge on any atom is 0.331 e. The molecule has 0 aliphatic carbocycles. The molecule has 0 bridgehead atoms. The Kier molecular flexibility index (Phi) is 6.30. The Hall–Kier alpha value is -2.69. The van der Waals surface area contributed by atoms with E-state index in [9.17, 15) is 18.0 Å². The number of rotatable bonds is 5. The monoisotopic (exact) mass is 470 g/mol. The van der Waals surface area contributed by atoms with E-state index in [2.05, 4.69) is 20.0 Å². The zero-order valence-electron chi connectivity index (χ0n) is 15.7. The predicted octanol–water partition coefficient (Wildman–Crippen LogP) is 2.39. The first-order valence-corrected chi connectivity index (χ1v) is 10.8. The second-order valence-electron chi connectivity index (χ2n) is 6.31. The number of carbonyl (C=O) groups excluding carboxylic acids is 2. The van der Waals surface area contributed by atoms with Crippen LogP contribution in [0.25, 0.3) is 0 Å². The number of halogens is 2. The summed E-state index contributed by atoms with van der Waals surface area (Å²) in [7, 11) is -3.73. The van der Waals surface area contributed by atoms with Crippen LogP contribution in [0.1, 0.15) is 19.4 Å². The number of aromatic nitrogens is 1. The maximum atomic E-state index is 12.3. The van der Waals surface area contributed by atoms with Gasteiger partial charge in [-0.25, -0.2) is 18.2 Å². The molecule has 1 aromatic heterocycles. The Bertz CT molecular complexity index is 1150. The molecule has 0 fully saturated rings. The molecule has 0 saturated carbocycles. The summed E-state index contributed by atoms with van der Waals surface area (Å²) < 4.78 is 31.7. The summed E-state index contributed by atoms with van der Waals surface area (Å²) in [5.41, 5.74) is 0.353. The molecule has 30 heavy (non-hydrogen) atoms. The van der Waals surface area contributed by atoms with Crippen LogP contribution >= 0.6 is 23.2 Å². The molecule has 3 rings (SSSR count). The number of carbonyl (C=O) groups is 2. The summed E-state index contributed by atoms with van der Waals surface area (Å²) >= 11 is 11.7. The van der Waals surface area contributed by atoms with Gasteiger partial charge in [0.1, 0.15) is 11.9 Å². The number of amidine groups is 1. The normalized spacial score (nSPS) is 17.5. The fraction of sp³-hybridized carbons (Fsp3) is 0.222. The largest absolute Gasteiger partial charge is 0.451 e. The lowest BCUT2D eigenvalue weighted by atomic mass is 10.2. The molecule has 0 spiro atoms. The van der Waals surface area contributed by atoms with Crippen LogP contribution in [0.4, 0.5) is 5.82 Å². The zero-order chi connectivity index (χ0) is 22.1. The second-order valence-corrected chi connectivity index (χ2v) is 8.80. The van der Waals surface area contributed by atoms with Crippen molar-refractivity contribution in [2.75, 3.05) is 5.32 Å². The van der Waals surface area contributed by atoms with Crippen molar-refractivity contribution in [3.05, 3.63) is 52.1 Å². The van der Waals surface area contributed by atoms with Crippen molar-refractivity contribution in [3.63, 3.8) is 0 Å². The molecule has 2 heterocycles. The number of hydrogen-bond donors (Lipinski definition) is 2. The fourth-order valence-electron chi connectivity index (χ4n) is 2.53. The average Bonchev–Trinajstić information content (AvgIpc) is 2.94. The first kappa shape index (κ1) is 22.0. The summed E-state index contributed by atoms with van der Waals surface area (Å²) in [6.07, 6.45) is 0.125. The minimum absolute atomic E-state index is 0.0318. The third-order valence-corrected chi connectivity index (χ3v) is 5.93. The number of nitrogens with one attached hydrogen (secondary N) is 2. The highest BCUT2D eigenvalue weighted by atomic mass is 35.5. The molecule has 1 aliphatic rings. The summed E-state index contributed by atoms with van der Waals surface area (Å²) in [6.45, 7) is 2.79. The number of anilines is 1. The number of nitrogens with zero attached hydrogens (tertiary/aromatic N) is 2. The van der Waals surface area contributed by atoms with Gasteiger partial charge in [-0.05, 0) is 32.0 Å². The lowest BCUT2D eigenvalue weighted by Crippen LogP contribution is -2.34. The molecule has 0 unspecified atom stereocenters. The Balaban J connectivity index is 1.67. The molecule has 158 valence electrons. The molecule has 12 heteroatoms. The van der Waals surface area contributed by atoms with Gasteiger partial charge in [0.05, 0.1) is 14.9 Å². The molecule has 2 atom stereocenters. The third-order valence-electron chi connectivity index (χ3n) is 4.04. The van der Waals surface area contributed by atoms with E-state index in [0.29, 0.717) is 10.6 Å². The second kappa shape index (κ2) is 8.58. The number of hydrogen-bond acceptors (Lipinski definition) is 7. The smallest absolute Gasteiger partial charge is 0.331 e. The first-order chi connectivity index (χ1) is 14.1. The fourth-order valence-corrected chi connectivity index (χ4v) is 4.19. The van der Waals surface area contributed by atoms with Gasteiger partial charge in [0.25, 0.3) is 15.9 Å². The summed E-state index contributed by atoms with van der Waals surface area (Å²) in [6, 6.07) is 6.58. The van der Waals surface area contributed by atoms with Crippen molar-refractivity contribution < 1.29 is 22.7 Å². The van der Waals surface area contributed by atoms with E-state index in [-0.39, 0.29) is 21.6 Å². The van der Waals surface area contributed by atoms with E-state index in [4.69, 9.17) is 27.9 Å². The van der Waals surface area contributed by atoms with Gasteiger partial charge in [-0.2, -0.15) is 0 Å². The standard InChI is InChI=1S/C18H16Cl2N4O5S/c1-9(22-15-12-5-3-4-6-14(12)30(27,28)24-15)18(26)29-10(2)17(25)23-16-13(20)7-11(19)8-21-16/h3-10H,1-2H3,(H,22,24)(H,21,23,25)/t9-,10+/m0/s1. The molecular formula is C18H16Cl2N4O5S. The highest BCUT2D eigenvalue weighted by molar-refractivity contribution is 7.90. The van der Waals surface area contributed by atoms with E-state index in [1.54, 1.807) is 18.2 Å². The highest BCUT2D eigenvalue weighted by Gasteiger charge is 2.31. The molecule has 0 radical (unpaired) electrons. The molecule has 1 aromatic carbocycles. The van der Waals surface area contributed by atoms with Crippen molar-refractivity contribution in [1.82, 2.24) is 9.71 Å². The number of aliphatic imine (C=N–C) groups is 1. The van der Waals surface area contributed by atoms with Gasteiger partial charge >= 0.3 is 5.97 Å².